The van der Waals surface area contributed by atoms with Crippen LogP contribution in [0.5, 0.6) is 0 Å². The average Bonchev–Trinajstić information content (AvgIpc) is 2.81. The van der Waals surface area contributed by atoms with Crippen LogP contribution in [0, 0.1) is 6.92 Å². The van der Waals surface area contributed by atoms with Crippen molar-refractivity contribution in [1.29, 1.82) is 0 Å². The number of halogens is 2. The lowest BCUT2D eigenvalue weighted by Gasteiger charge is -2.11. The van der Waals surface area contributed by atoms with Crippen molar-refractivity contribution < 1.29 is 0 Å². The standard InChI is InChI=1S/C28H34Cl2N4/c1-21(29)10-12-24-22(2)31-18-14-26(24)32-16-8-6-4-3-5-7-9-17-33-27-15-19-34-28-20-23(30)11-13-25(27)28/h10-15,18-20H,1,3-9,16-17H2,2H3,(H,31,32)(H,33,34)/b12-10-. The van der Waals surface area contributed by atoms with Crippen LogP contribution in [0.3, 0.4) is 0 Å². The molecule has 34 heavy (non-hydrogen) atoms. The molecule has 0 bridgehead atoms. The third-order valence-corrected chi connectivity index (χ3v) is 6.17. The average molecular weight is 498 g/mol. The summed E-state index contributed by atoms with van der Waals surface area (Å²) in [6.45, 7) is 7.66. The first-order valence-corrected chi connectivity index (χ1v) is 12.8. The molecule has 0 unspecified atom stereocenters. The zero-order valence-corrected chi connectivity index (χ0v) is 21.4. The Morgan fingerprint density at radius 2 is 1.50 bits per heavy atom. The molecular formula is C28H34Cl2N4. The summed E-state index contributed by atoms with van der Waals surface area (Å²) in [4.78, 5) is 8.77. The maximum Gasteiger partial charge on any atom is 0.0737 e. The van der Waals surface area contributed by atoms with Gasteiger partial charge in [-0.25, -0.2) is 0 Å². The molecule has 0 atom stereocenters. The second-order valence-corrected chi connectivity index (χ2v) is 9.41. The first-order valence-electron chi connectivity index (χ1n) is 12.0. The fourth-order valence-electron chi connectivity index (χ4n) is 3.97. The summed E-state index contributed by atoms with van der Waals surface area (Å²) in [7, 11) is 0. The molecule has 0 amide bonds. The van der Waals surface area contributed by atoms with E-state index >= 15 is 0 Å². The summed E-state index contributed by atoms with van der Waals surface area (Å²) < 4.78 is 0. The lowest BCUT2D eigenvalue weighted by atomic mass is 10.1. The molecule has 6 heteroatoms. The van der Waals surface area contributed by atoms with Gasteiger partial charge in [0.1, 0.15) is 0 Å². The highest BCUT2D eigenvalue weighted by Crippen LogP contribution is 2.24. The van der Waals surface area contributed by atoms with Crippen molar-refractivity contribution in [3.8, 4) is 0 Å². The number of unbranched alkanes of at least 4 members (excludes halogenated alkanes) is 6. The van der Waals surface area contributed by atoms with E-state index in [2.05, 4.69) is 27.2 Å². The number of hydrogen-bond donors (Lipinski definition) is 2. The summed E-state index contributed by atoms with van der Waals surface area (Å²) in [6.07, 6.45) is 16.1. The van der Waals surface area contributed by atoms with E-state index in [4.69, 9.17) is 23.2 Å². The number of rotatable bonds is 14. The largest absolute Gasteiger partial charge is 0.384 e. The zero-order valence-electron chi connectivity index (χ0n) is 19.9. The monoisotopic (exact) mass is 496 g/mol. The Morgan fingerprint density at radius 1 is 0.882 bits per heavy atom. The minimum atomic E-state index is 0.515. The van der Waals surface area contributed by atoms with Gasteiger partial charge in [0.2, 0.25) is 0 Å². The minimum Gasteiger partial charge on any atom is -0.384 e. The Labute approximate surface area is 213 Å². The number of fused-ring (bicyclic) bond motifs is 1. The van der Waals surface area contributed by atoms with Crippen LogP contribution in [0.4, 0.5) is 11.4 Å². The second-order valence-electron chi connectivity index (χ2n) is 8.49. The van der Waals surface area contributed by atoms with E-state index < -0.39 is 0 Å². The Hall–Kier alpha value is -2.56. The number of aromatic nitrogens is 2. The molecule has 3 rings (SSSR count). The first kappa shape index (κ1) is 26.1. The predicted octanol–water partition coefficient (Wildman–Crippen LogP) is 8.61. The van der Waals surface area contributed by atoms with Crippen molar-refractivity contribution >= 4 is 51.6 Å². The quantitative estimate of drug-likeness (QED) is 0.173. The molecule has 2 heterocycles. The van der Waals surface area contributed by atoms with Gasteiger partial charge in [-0.1, -0.05) is 61.9 Å². The molecule has 0 aliphatic carbocycles. The number of anilines is 2. The summed E-state index contributed by atoms with van der Waals surface area (Å²) >= 11 is 11.9. The highest BCUT2D eigenvalue weighted by molar-refractivity contribution is 6.31. The van der Waals surface area contributed by atoms with E-state index in [-0.39, 0.29) is 0 Å². The van der Waals surface area contributed by atoms with Crippen molar-refractivity contribution in [2.45, 2.75) is 51.9 Å². The van der Waals surface area contributed by atoms with E-state index in [0.29, 0.717) is 5.03 Å². The van der Waals surface area contributed by atoms with Gasteiger partial charge in [-0.05, 0) is 62.2 Å². The third-order valence-electron chi connectivity index (χ3n) is 5.81. The first-order chi connectivity index (χ1) is 16.5. The van der Waals surface area contributed by atoms with Crippen molar-refractivity contribution in [2.24, 2.45) is 0 Å². The Balaban J connectivity index is 1.26. The third kappa shape index (κ3) is 8.34. The van der Waals surface area contributed by atoms with E-state index in [1.165, 1.54) is 38.5 Å². The van der Waals surface area contributed by atoms with Crippen LogP contribution in [0.15, 0.2) is 60.4 Å². The smallest absolute Gasteiger partial charge is 0.0737 e. The van der Waals surface area contributed by atoms with E-state index in [9.17, 15) is 0 Å². The molecule has 2 aromatic heterocycles. The van der Waals surface area contributed by atoms with Crippen LogP contribution in [0.1, 0.15) is 56.2 Å². The van der Waals surface area contributed by atoms with Gasteiger partial charge in [-0.3, -0.25) is 9.97 Å². The van der Waals surface area contributed by atoms with Crippen molar-refractivity contribution in [1.82, 2.24) is 9.97 Å². The second kappa shape index (κ2) is 14.0. The van der Waals surface area contributed by atoms with Crippen LogP contribution in [-0.2, 0) is 0 Å². The summed E-state index contributed by atoms with van der Waals surface area (Å²) in [6, 6.07) is 9.91. The molecule has 4 nitrogen and oxygen atoms in total. The molecule has 180 valence electrons. The highest BCUT2D eigenvalue weighted by atomic mass is 35.5. The number of hydrogen-bond acceptors (Lipinski definition) is 4. The number of allylic oxidation sites excluding steroid dienone is 2. The zero-order chi connectivity index (χ0) is 24.2. The number of aryl methyl sites for hydroxylation is 1. The van der Waals surface area contributed by atoms with Crippen molar-refractivity contribution in [2.75, 3.05) is 23.7 Å². The number of benzene rings is 1. The van der Waals surface area contributed by atoms with Crippen LogP contribution < -0.4 is 10.6 Å². The lowest BCUT2D eigenvalue weighted by molar-refractivity contribution is 0.591. The molecule has 0 fully saturated rings. The van der Waals surface area contributed by atoms with Crippen LogP contribution >= 0.6 is 23.2 Å². The number of nitrogens with zero attached hydrogens (tertiary/aromatic N) is 2. The maximum atomic E-state index is 6.07. The van der Waals surface area contributed by atoms with Crippen LogP contribution in [0.2, 0.25) is 5.02 Å². The topological polar surface area (TPSA) is 49.8 Å². The van der Waals surface area contributed by atoms with Gasteiger partial charge < -0.3 is 10.6 Å². The Kier molecular flexibility index (Phi) is 10.7. The fourth-order valence-corrected chi connectivity index (χ4v) is 4.20. The molecule has 0 spiro atoms. The summed E-state index contributed by atoms with van der Waals surface area (Å²) in [5.41, 5.74) is 5.21. The van der Waals surface area contributed by atoms with Gasteiger partial charge in [-0.2, -0.15) is 0 Å². The molecule has 2 N–H and O–H groups in total. The molecule has 1 aromatic carbocycles. The van der Waals surface area contributed by atoms with Gasteiger partial charge >= 0.3 is 0 Å². The maximum absolute atomic E-state index is 6.07. The molecule has 0 radical (unpaired) electrons. The summed E-state index contributed by atoms with van der Waals surface area (Å²) in [5, 5.41) is 9.45. The van der Waals surface area contributed by atoms with Gasteiger partial charge in [0.15, 0.2) is 0 Å². The van der Waals surface area contributed by atoms with E-state index in [0.717, 1.165) is 58.1 Å². The SMILES string of the molecule is C=C(Cl)/C=C\c1c(NCCCCCCCCCNc2ccnc3cc(Cl)ccc23)ccnc1C. The minimum absolute atomic E-state index is 0.515. The van der Waals surface area contributed by atoms with Crippen LogP contribution in [-0.4, -0.2) is 23.1 Å². The lowest BCUT2D eigenvalue weighted by Crippen LogP contribution is -2.04. The molecule has 0 saturated heterocycles. The van der Waals surface area contributed by atoms with Crippen molar-refractivity contribution in [3.63, 3.8) is 0 Å². The molecule has 0 aliphatic rings. The van der Waals surface area contributed by atoms with Gasteiger partial charge in [-0.15, -0.1) is 0 Å². The summed E-state index contributed by atoms with van der Waals surface area (Å²) in [5.74, 6) is 0. The van der Waals surface area contributed by atoms with E-state index in [1.807, 2.05) is 61.8 Å². The van der Waals surface area contributed by atoms with E-state index in [1.54, 1.807) is 0 Å². The number of nitrogens with one attached hydrogen (secondary N) is 2. The number of pyridine rings is 2. The molecule has 3 aromatic rings. The molecule has 0 saturated carbocycles. The van der Waals surface area contributed by atoms with Gasteiger partial charge in [0.25, 0.3) is 0 Å². The predicted molar refractivity (Wildman–Crippen MR) is 149 cm³/mol. The molecular weight excluding hydrogens is 463 g/mol. The molecule has 0 aliphatic heterocycles. The highest BCUT2D eigenvalue weighted by Gasteiger charge is 2.04. The normalized spacial score (nSPS) is 11.3. The van der Waals surface area contributed by atoms with Gasteiger partial charge in [0.05, 0.1) is 5.52 Å². The van der Waals surface area contributed by atoms with Crippen molar-refractivity contribution in [3.05, 3.63) is 76.7 Å². The fraction of sp³-hybridized carbons (Fsp3) is 0.357. The van der Waals surface area contributed by atoms with Gasteiger partial charge in [0, 0.05) is 63.6 Å². The Morgan fingerprint density at radius 3 is 2.21 bits per heavy atom. The Bertz CT molecular complexity index is 1110. The van der Waals surface area contributed by atoms with Crippen LogP contribution in [0.25, 0.3) is 17.0 Å².